The highest BCUT2D eigenvalue weighted by molar-refractivity contribution is 7.15. The fourth-order valence-corrected chi connectivity index (χ4v) is 5.62. The van der Waals surface area contributed by atoms with E-state index in [1.165, 1.54) is 4.88 Å². The van der Waals surface area contributed by atoms with E-state index in [2.05, 4.69) is 41.3 Å². The quantitative estimate of drug-likeness (QED) is 0.390. The molecule has 0 radical (unpaired) electrons. The summed E-state index contributed by atoms with van der Waals surface area (Å²) in [4.78, 5) is 22.1. The van der Waals surface area contributed by atoms with E-state index in [1.54, 1.807) is 45.4 Å². The molecule has 0 bridgehead atoms. The smallest absolute Gasteiger partial charge is 0.259 e. The average molecular weight is 505 g/mol. The molecule has 4 aromatic rings. The first kappa shape index (κ1) is 23.0. The molecule has 1 saturated heterocycles. The molecule has 1 fully saturated rings. The zero-order chi connectivity index (χ0) is 24.5. The van der Waals surface area contributed by atoms with E-state index in [0.717, 1.165) is 41.9 Å². The Hall–Kier alpha value is -3.43. The van der Waals surface area contributed by atoms with E-state index >= 15 is 0 Å². The van der Waals surface area contributed by atoms with Crippen molar-refractivity contribution >= 4 is 22.9 Å². The fraction of sp³-hybridized carbons (Fsp3) is 0.370. The van der Waals surface area contributed by atoms with E-state index < -0.39 is 0 Å². The maximum absolute atomic E-state index is 13.5. The number of carbonyl (C=O) groups is 1. The van der Waals surface area contributed by atoms with Crippen molar-refractivity contribution in [2.45, 2.75) is 38.8 Å². The van der Waals surface area contributed by atoms with E-state index in [9.17, 15) is 4.79 Å². The number of aromatic nitrogens is 3. The third-order valence-electron chi connectivity index (χ3n) is 6.62. The van der Waals surface area contributed by atoms with Crippen LogP contribution in [-0.2, 0) is 11.3 Å². The minimum atomic E-state index is -0.115. The topological polar surface area (TPSA) is 78.2 Å². The lowest BCUT2D eigenvalue weighted by atomic mass is 10.1. The number of hydrogen-bond acceptors (Lipinski definition) is 7. The molecule has 36 heavy (non-hydrogen) atoms. The van der Waals surface area contributed by atoms with Crippen molar-refractivity contribution in [3.63, 3.8) is 0 Å². The van der Waals surface area contributed by atoms with Gasteiger partial charge in [0.15, 0.2) is 17.1 Å². The molecule has 186 valence electrons. The molecule has 9 heteroatoms. The molecule has 1 amide bonds. The maximum Gasteiger partial charge on any atom is 0.259 e. The van der Waals surface area contributed by atoms with Crippen molar-refractivity contribution in [3.8, 4) is 21.9 Å². The van der Waals surface area contributed by atoms with Gasteiger partial charge in [-0.1, -0.05) is 0 Å². The van der Waals surface area contributed by atoms with Gasteiger partial charge in [0, 0.05) is 40.9 Å². The van der Waals surface area contributed by atoms with Crippen LogP contribution in [0.4, 0.5) is 0 Å². The van der Waals surface area contributed by atoms with Crippen molar-refractivity contribution in [2.24, 2.45) is 0 Å². The largest absolute Gasteiger partial charge is 0.487 e. The van der Waals surface area contributed by atoms with E-state index in [1.807, 2.05) is 0 Å². The van der Waals surface area contributed by atoms with Crippen molar-refractivity contribution in [1.82, 2.24) is 19.5 Å². The van der Waals surface area contributed by atoms with E-state index in [-0.39, 0.29) is 12.0 Å². The summed E-state index contributed by atoms with van der Waals surface area (Å²) in [7, 11) is 0. The summed E-state index contributed by atoms with van der Waals surface area (Å²) in [5.74, 6) is 1.29. The molecule has 3 aromatic heterocycles. The first-order chi connectivity index (χ1) is 17.7. The number of thiophene rings is 1. The Balaban J connectivity index is 1.33. The molecule has 0 N–H and O–H groups in total. The lowest BCUT2D eigenvalue weighted by Gasteiger charge is -2.24. The van der Waals surface area contributed by atoms with Crippen LogP contribution in [-0.4, -0.2) is 57.9 Å². The van der Waals surface area contributed by atoms with Gasteiger partial charge >= 0.3 is 0 Å². The molecule has 2 aliphatic rings. The predicted octanol–water partition coefficient (Wildman–Crippen LogP) is 4.75. The van der Waals surface area contributed by atoms with Crippen molar-refractivity contribution in [1.29, 1.82) is 0 Å². The van der Waals surface area contributed by atoms with Crippen molar-refractivity contribution in [2.75, 3.05) is 26.4 Å². The predicted molar refractivity (Wildman–Crippen MR) is 137 cm³/mol. The lowest BCUT2D eigenvalue weighted by Crippen LogP contribution is -2.32. The molecule has 2 aliphatic heterocycles. The van der Waals surface area contributed by atoms with Gasteiger partial charge in [-0.05, 0) is 62.1 Å². The second kappa shape index (κ2) is 9.91. The number of aryl methyl sites for hydroxylation is 1. The van der Waals surface area contributed by atoms with Crippen LogP contribution in [0.25, 0.3) is 16.1 Å². The highest BCUT2D eigenvalue weighted by Gasteiger charge is 2.27. The molecule has 8 nitrogen and oxygen atoms in total. The van der Waals surface area contributed by atoms with Gasteiger partial charge in [-0.3, -0.25) is 4.79 Å². The number of ether oxygens (including phenoxy) is 3. The first-order valence-corrected chi connectivity index (χ1v) is 13.2. The molecule has 1 atom stereocenters. The Kier molecular flexibility index (Phi) is 6.33. The van der Waals surface area contributed by atoms with Gasteiger partial charge in [0.2, 0.25) is 0 Å². The van der Waals surface area contributed by atoms with Crippen LogP contribution in [0.1, 0.15) is 40.1 Å². The van der Waals surface area contributed by atoms with E-state index in [0.29, 0.717) is 49.0 Å². The van der Waals surface area contributed by atoms with Crippen LogP contribution < -0.4 is 9.47 Å². The Morgan fingerprint density at radius 3 is 3.03 bits per heavy atom. The number of fused-ring (bicyclic) bond motifs is 2. The van der Waals surface area contributed by atoms with Gasteiger partial charge in [0.25, 0.3) is 5.91 Å². The summed E-state index contributed by atoms with van der Waals surface area (Å²) in [6.07, 6.45) is 8.40. The summed E-state index contributed by atoms with van der Waals surface area (Å²) < 4.78 is 20.0. The average Bonchev–Trinajstić information content (AvgIpc) is 3.47. The van der Waals surface area contributed by atoms with E-state index in [4.69, 9.17) is 14.2 Å². The Labute approximate surface area is 213 Å². The number of nitrogens with zero attached hydrogens (tertiary/aromatic N) is 4. The van der Waals surface area contributed by atoms with Crippen LogP contribution in [0.5, 0.6) is 11.5 Å². The van der Waals surface area contributed by atoms with Gasteiger partial charge < -0.3 is 19.1 Å². The molecule has 1 aromatic carbocycles. The van der Waals surface area contributed by atoms with Crippen LogP contribution in [0.3, 0.4) is 0 Å². The van der Waals surface area contributed by atoms with Gasteiger partial charge in [-0.15, -0.1) is 11.3 Å². The second-order valence-corrected chi connectivity index (χ2v) is 10.5. The Bertz CT molecular complexity index is 1390. The monoisotopic (exact) mass is 504 g/mol. The summed E-state index contributed by atoms with van der Waals surface area (Å²) in [5, 5.41) is 4.29. The lowest BCUT2D eigenvalue weighted by molar-refractivity contribution is -0.0115. The minimum absolute atomic E-state index is 0.0917. The third kappa shape index (κ3) is 4.56. The summed E-state index contributed by atoms with van der Waals surface area (Å²) in [6, 6.07) is 10.2. The van der Waals surface area contributed by atoms with Gasteiger partial charge in [-0.25, -0.2) is 9.50 Å². The molecular weight excluding hydrogens is 476 g/mol. The standard InChI is InChI=1S/C27H28N4O4S/c1-18-6-7-24(36-18)19-13-20-16-30(27(32)22-15-29-31-9-4-8-28-26(22)31)10-12-34-25(20)23(14-19)35-17-21-5-2-3-11-33-21/h4,6-9,13-15,21H,2-3,5,10-12,16-17H2,1H3. The molecule has 1 unspecified atom stereocenters. The normalized spacial score (nSPS) is 17.9. The number of carbonyl (C=O) groups excluding carboxylic acids is 1. The van der Waals surface area contributed by atoms with Crippen LogP contribution in [0.2, 0.25) is 0 Å². The van der Waals surface area contributed by atoms with Crippen LogP contribution >= 0.6 is 11.3 Å². The van der Waals surface area contributed by atoms with Gasteiger partial charge in [0.05, 0.1) is 18.8 Å². The maximum atomic E-state index is 13.5. The second-order valence-electron chi connectivity index (χ2n) is 9.19. The fourth-order valence-electron chi connectivity index (χ4n) is 4.77. The SMILES string of the molecule is Cc1ccc(-c2cc3c(c(OCC4CCCCO4)c2)OCCN(C(=O)c2cnn4cccnc24)C3)s1. The highest BCUT2D eigenvalue weighted by Crippen LogP contribution is 2.40. The number of hydrogen-bond donors (Lipinski definition) is 0. The summed E-state index contributed by atoms with van der Waals surface area (Å²) in [6.45, 7) is 4.61. The Morgan fingerprint density at radius 1 is 1.25 bits per heavy atom. The number of rotatable bonds is 5. The van der Waals surface area contributed by atoms with Crippen LogP contribution in [0.15, 0.2) is 48.9 Å². The summed E-state index contributed by atoms with van der Waals surface area (Å²) >= 11 is 1.74. The zero-order valence-electron chi connectivity index (χ0n) is 20.2. The zero-order valence-corrected chi connectivity index (χ0v) is 21.0. The number of amides is 1. The van der Waals surface area contributed by atoms with Gasteiger partial charge in [0.1, 0.15) is 18.8 Å². The van der Waals surface area contributed by atoms with Crippen LogP contribution in [0, 0.1) is 6.92 Å². The number of benzene rings is 1. The highest BCUT2D eigenvalue weighted by atomic mass is 32.1. The third-order valence-corrected chi connectivity index (χ3v) is 7.67. The molecule has 6 rings (SSSR count). The Morgan fingerprint density at radius 2 is 2.19 bits per heavy atom. The summed E-state index contributed by atoms with van der Waals surface area (Å²) in [5.41, 5.74) is 3.01. The molecule has 5 heterocycles. The van der Waals surface area contributed by atoms with Crippen molar-refractivity contribution < 1.29 is 19.0 Å². The molecule has 0 spiro atoms. The first-order valence-electron chi connectivity index (χ1n) is 12.3. The molecule has 0 aliphatic carbocycles. The van der Waals surface area contributed by atoms with Crippen molar-refractivity contribution in [3.05, 3.63) is 64.9 Å². The molecular formula is C27H28N4O4S. The minimum Gasteiger partial charge on any atom is -0.487 e. The molecule has 0 saturated carbocycles. The van der Waals surface area contributed by atoms with Gasteiger partial charge in [-0.2, -0.15) is 5.10 Å².